The van der Waals surface area contributed by atoms with E-state index in [1.54, 1.807) is 18.4 Å². The minimum absolute atomic E-state index is 0.385. The van der Waals surface area contributed by atoms with Crippen LogP contribution in [0.1, 0.15) is 10.7 Å². The van der Waals surface area contributed by atoms with Gasteiger partial charge in [0.1, 0.15) is 11.6 Å². The van der Waals surface area contributed by atoms with Gasteiger partial charge < -0.3 is 9.30 Å². The van der Waals surface area contributed by atoms with Gasteiger partial charge in [0.2, 0.25) is 0 Å². The first-order valence-corrected chi connectivity index (χ1v) is 7.19. The van der Waals surface area contributed by atoms with Crippen LogP contribution in [0.15, 0.2) is 29.9 Å². The van der Waals surface area contributed by atoms with Gasteiger partial charge in [-0.2, -0.15) is 0 Å². The third kappa shape index (κ3) is 2.31. The highest BCUT2D eigenvalue weighted by Crippen LogP contribution is 2.24. The molecule has 0 N–H and O–H groups in total. The molecule has 0 aliphatic heterocycles. The zero-order valence-electron chi connectivity index (χ0n) is 10.3. The summed E-state index contributed by atoms with van der Waals surface area (Å²) in [6.45, 7) is 0.746. The normalized spacial score (nSPS) is 11.1. The van der Waals surface area contributed by atoms with Crippen LogP contribution >= 0.6 is 22.9 Å². The molecule has 0 radical (unpaired) electrons. The summed E-state index contributed by atoms with van der Waals surface area (Å²) >= 11 is 7.62. The van der Waals surface area contributed by atoms with Gasteiger partial charge in [0.15, 0.2) is 0 Å². The second-order valence-corrected chi connectivity index (χ2v) is 5.31. The first kappa shape index (κ1) is 12.4. The largest absolute Gasteiger partial charge is 0.497 e. The lowest BCUT2D eigenvalue weighted by atomic mass is 10.3. The molecule has 0 fully saturated rings. The fraction of sp³-hybridized carbons (Fsp3) is 0.231. The summed E-state index contributed by atoms with van der Waals surface area (Å²) in [5.74, 6) is 2.05. The quantitative estimate of drug-likeness (QED) is 0.693. The summed E-state index contributed by atoms with van der Waals surface area (Å²) < 4.78 is 7.34. The minimum Gasteiger partial charge on any atom is -0.497 e. The second kappa shape index (κ2) is 5.19. The second-order valence-electron chi connectivity index (χ2n) is 4.07. The number of hydrogen-bond donors (Lipinski definition) is 0. The Morgan fingerprint density at radius 1 is 1.42 bits per heavy atom. The topological polar surface area (TPSA) is 39.9 Å². The molecule has 1 aromatic carbocycles. The van der Waals surface area contributed by atoms with Crippen LogP contribution in [0.4, 0.5) is 0 Å². The fourth-order valence-electron chi connectivity index (χ4n) is 2.04. The third-order valence-electron chi connectivity index (χ3n) is 2.95. The molecule has 0 atom stereocenters. The number of halogens is 1. The van der Waals surface area contributed by atoms with Crippen molar-refractivity contribution in [1.82, 2.24) is 14.5 Å². The highest BCUT2D eigenvalue weighted by atomic mass is 35.5. The first-order valence-electron chi connectivity index (χ1n) is 5.78. The van der Waals surface area contributed by atoms with E-state index in [0.717, 1.165) is 29.2 Å². The number of methoxy groups -OCH3 is 1. The zero-order chi connectivity index (χ0) is 13.2. The highest BCUT2D eigenvalue weighted by molar-refractivity contribution is 7.09. The Hall–Kier alpha value is -1.59. The molecule has 0 saturated heterocycles. The first-order chi connectivity index (χ1) is 9.31. The molecule has 0 saturated carbocycles. The van der Waals surface area contributed by atoms with E-state index in [4.69, 9.17) is 16.3 Å². The summed E-state index contributed by atoms with van der Waals surface area (Å²) in [5, 5.41) is 0. The van der Waals surface area contributed by atoms with Crippen molar-refractivity contribution in [3.05, 3.63) is 40.6 Å². The number of thiazole rings is 1. The Morgan fingerprint density at radius 2 is 2.32 bits per heavy atom. The van der Waals surface area contributed by atoms with Crippen LogP contribution in [-0.2, 0) is 12.4 Å². The van der Waals surface area contributed by atoms with Crippen LogP contribution in [0, 0.1) is 0 Å². The molecular weight excluding hydrogens is 282 g/mol. The van der Waals surface area contributed by atoms with E-state index in [-0.39, 0.29) is 0 Å². The number of alkyl halides is 1. The molecule has 6 heteroatoms. The lowest BCUT2D eigenvalue weighted by Crippen LogP contribution is -2.02. The van der Waals surface area contributed by atoms with Crippen molar-refractivity contribution in [2.45, 2.75) is 12.4 Å². The van der Waals surface area contributed by atoms with Gasteiger partial charge in [-0.1, -0.05) is 0 Å². The van der Waals surface area contributed by atoms with Gasteiger partial charge in [0.05, 0.1) is 36.1 Å². The van der Waals surface area contributed by atoms with Gasteiger partial charge in [-0.25, -0.2) is 4.98 Å². The predicted octanol–water partition coefficient (Wildman–Crippen LogP) is 3.29. The minimum atomic E-state index is 0.385. The number of benzene rings is 1. The van der Waals surface area contributed by atoms with Crippen LogP contribution in [0.25, 0.3) is 11.0 Å². The molecule has 0 aliphatic carbocycles. The van der Waals surface area contributed by atoms with Crippen molar-refractivity contribution in [3.63, 3.8) is 0 Å². The molecular formula is C13H12ClN3OS. The molecule has 0 spiro atoms. The van der Waals surface area contributed by atoms with Crippen LogP contribution in [0.2, 0.25) is 0 Å². The number of imidazole rings is 1. The van der Waals surface area contributed by atoms with E-state index >= 15 is 0 Å². The maximum absolute atomic E-state index is 5.99. The Morgan fingerprint density at radius 3 is 3.00 bits per heavy atom. The zero-order valence-corrected chi connectivity index (χ0v) is 11.9. The van der Waals surface area contributed by atoms with Gasteiger partial charge >= 0.3 is 0 Å². The van der Waals surface area contributed by atoms with E-state index in [1.807, 2.05) is 29.9 Å². The lowest BCUT2D eigenvalue weighted by molar-refractivity contribution is 0.415. The molecule has 0 unspecified atom stereocenters. The molecule has 0 amide bonds. The summed E-state index contributed by atoms with van der Waals surface area (Å²) in [4.78, 5) is 9.83. The van der Waals surface area contributed by atoms with Crippen molar-refractivity contribution < 1.29 is 4.74 Å². The van der Waals surface area contributed by atoms with Gasteiger partial charge in [0, 0.05) is 17.1 Å². The Balaban J connectivity index is 2.10. The van der Waals surface area contributed by atoms with Crippen molar-refractivity contribution >= 4 is 34.0 Å². The lowest BCUT2D eigenvalue weighted by Gasteiger charge is -2.05. The van der Waals surface area contributed by atoms with Gasteiger partial charge in [-0.3, -0.25) is 4.98 Å². The standard InChI is InChI=1S/C13H12ClN3OS/c1-18-9-2-3-12-11(4-9)16-13(5-14)17(12)7-10-6-15-8-19-10/h2-4,6,8H,5,7H2,1H3. The van der Waals surface area contributed by atoms with E-state index < -0.39 is 0 Å². The molecule has 19 heavy (non-hydrogen) atoms. The molecule has 3 rings (SSSR count). The highest BCUT2D eigenvalue weighted by Gasteiger charge is 2.11. The molecule has 0 aliphatic rings. The number of hydrogen-bond acceptors (Lipinski definition) is 4. The summed E-state index contributed by atoms with van der Waals surface area (Å²) in [6.07, 6.45) is 1.87. The maximum atomic E-state index is 5.99. The number of ether oxygens (including phenoxy) is 1. The van der Waals surface area contributed by atoms with Crippen molar-refractivity contribution in [3.8, 4) is 5.75 Å². The van der Waals surface area contributed by atoms with E-state index in [2.05, 4.69) is 14.5 Å². The number of nitrogens with zero attached hydrogens (tertiary/aromatic N) is 3. The third-order valence-corrected chi connectivity index (χ3v) is 3.95. The Bertz CT molecular complexity index is 693. The van der Waals surface area contributed by atoms with Crippen molar-refractivity contribution in [2.75, 3.05) is 7.11 Å². The number of rotatable bonds is 4. The maximum Gasteiger partial charge on any atom is 0.125 e. The molecule has 4 nitrogen and oxygen atoms in total. The monoisotopic (exact) mass is 293 g/mol. The number of aromatic nitrogens is 3. The van der Waals surface area contributed by atoms with Crippen LogP contribution in [-0.4, -0.2) is 21.6 Å². The summed E-state index contributed by atoms with van der Waals surface area (Å²) in [7, 11) is 1.65. The predicted molar refractivity (Wildman–Crippen MR) is 77.1 cm³/mol. The fourth-order valence-corrected chi connectivity index (χ4v) is 2.83. The van der Waals surface area contributed by atoms with Crippen LogP contribution in [0.3, 0.4) is 0 Å². The van der Waals surface area contributed by atoms with E-state index in [9.17, 15) is 0 Å². The van der Waals surface area contributed by atoms with Gasteiger partial charge in [-0.05, 0) is 12.1 Å². The molecule has 2 heterocycles. The van der Waals surface area contributed by atoms with Crippen molar-refractivity contribution in [1.29, 1.82) is 0 Å². The Labute approximate surface area is 119 Å². The van der Waals surface area contributed by atoms with Crippen LogP contribution < -0.4 is 4.74 Å². The average Bonchev–Trinajstić information content (AvgIpc) is 3.06. The SMILES string of the molecule is COc1ccc2c(c1)nc(CCl)n2Cc1cncs1. The van der Waals surface area contributed by atoms with Crippen LogP contribution in [0.5, 0.6) is 5.75 Å². The summed E-state index contributed by atoms with van der Waals surface area (Å²) in [5.41, 5.74) is 3.79. The molecule has 98 valence electrons. The molecule has 2 aromatic heterocycles. The molecule has 0 bridgehead atoms. The van der Waals surface area contributed by atoms with Gasteiger partial charge in [0.25, 0.3) is 0 Å². The van der Waals surface area contributed by atoms with E-state index in [0.29, 0.717) is 5.88 Å². The number of fused-ring (bicyclic) bond motifs is 1. The van der Waals surface area contributed by atoms with Crippen molar-refractivity contribution in [2.24, 2.45) is 0 Å². The van der Waals surface area contributed by atoms with E-state index in [1.165, 1.54) is 4.88 Å². The Kier molecular flexibility index (Phi) is 3.40. The van der Waals surface area contributed by atoms with Gasteiger partial charge in [-0.15, -0.1) is 22.9 Å². The molecule has 3 aromatic rings. The smallest absolute Gasteiger partial charge is 0.125 e. The average molecular weight is 294 g/mol. The summed E-state index contributed by atoms with van der Waals surface area (Å²) in [6, 6.07) is 5.87.